The third-order valence-corrected chi connectivity index (χ3v) is 2.88. The summed E-state index contributed by atoms with van der Waals surface area (Å²) in [6.45, 7) is 7.07. The molecule has 0 aliphatic carbocycles. The summed E-state index contributed by atoms with van der Waals surface area (Å²) < 4.78 is 5.32. The van der Waals surface area contributed by atoms with Gasteiger partial charge in [0.25, 0.3) is 0 Å². The molecule has 4 heteroatoms. The maximum Gasteiger partial charge on any atom is 0.128 e. The fourth-order valence-corrected chi connectivity index (χ4v) is 1.88. The number of methoxy groups -OCH3 is 1. The smallest absolute Gasteiger partial charge is 0.128 e. The average Bonchev–Trinajstić information content (AvgIpc) is 2.31. The second-order valence-electron chi connectivity index (χ2n) is 4.38. The Bertz CT molecular complexity index is 355. The van der Waals surface area contributed by atoms with Crippen molar-refractivity contribution in [3.8, 4) is 0 Å². The Morgan fingerprint density at radius 3 is 2.82 bits per heavy atom. The number of aryl methyl sites for hydroxylation is 1. The van der Waals surface area contributed by atoms with E-state index in [-0.39, 0.29) is 12.1 Å². The van der Waals surface area contributed by atoms with Gasteiger partial charge >= 0.3 is 0 Å². The fraction of sp³-hybridized carbons (Fsp3) is 0.615. The molecular formula is C13H23N3O. The van der Waals surface area contributed by atoms with E-state index >= 15 is 0 Å². The molecule has 3 N–H and O–H groups in total. The van der Waals surface area contributed by atoms with Gasteiger partial charge in [0.2, 0.25) is 0 Å². The Hall–Kier alpha value is -1.13. The fourth-order valence-electron chi connectivity index (χ4n) is 1.88. The van der Waals surface area contributed by atoms with Gasteiger partial charge in [0.05, 0.1) is 6.10 Å². The SMILES string of the molecule is CCNC(CC(C)OC)c1cc(C)cnc1N. The molecule has 17 heavy (non-hydrogen) atoms. The van der Waals surface area contributed by atoms with Gasteiger partial charge in [-0.3, -0.25) is 0 Å². The van der Waals surface area contributed by atoms with Crippen LogP contribution < -0.4 is 11.1 Å². The number of hydrogen-bond donors (Lipinski definition) is 2. The van der Waals surface area contributed by atoms with Gasteiger partial charge in [-0.15, -0.1) is 0 Å². The van der Waals surface area contributed by atoms with Crippen LogP contribution in [0.5, 0.6) is 0 Å². The second kappa shape index (κ2) is 6.57. The van der Waals surface area contributed by atoms with Crippen LogP contribution in [0.2, 0.25) is 0 Å². The molecule has 0 bridgehead atoms. The van der Waals surface area contributed by atoms with Crippen molar-refractivity contribution >= 4 is 5.82 Å². The Labute approximate surface area is 104 Å². The standard InChI is InChI=1S/C13H23N3O/c1-5-15-12(7-10(3)17-4)11-6-9(2)8-16-13(11)14/h6,8,10,12,15H,5,7H2,1-4H3,(H2,14,16). The van der Waals surface area contributed by atoms with Crippen LogP contribution in [0.3, 0.4) is 0 Å². The molecular weight excluding hydrogens is 214 g/mol. The highest BCUT2D eigenvalue weighted by Crippen LogP contribution is 2.24. The predicted octanol–water partition coefficient (Wildman–Crippen LogP) is 2.05. The van der Waals surface area contributed by atoms with Crippen LogP contribution >= 0.6 is 0 Å². The number of ether oxygens (including phenoxy) is 1. The van der Waals surface area contributed by atoms with E-state index in [2.05, 4.69) is 30.2 Å². The summed E-state index contributed by atoms with van der Waals surface area (Å²) in [6, 6.07) is 2.29. The van der Waals surface area contributed by atoms with Gasteiger partial charge in [-0.05, 0) is 38.4 Å². The lowest BCUT2D eigenvalue weighted by molar-refractivity contribution is 0.101. The molecule has 0 amide bonds. The summed E-state index contributed by atoms with van der Waals surface area (Å²) in [4.78, 5) is 4.21. The molecule has 1 aromatic heterocycles. The lowest BCUT2D eigenvalue weighted by atomic mass is 10.0. The summed E-state index contributed by atoms with van der Waals surface area (Å²) >= 11 is 0. The molecule has 0 radical (unpaired) electrons. The van der Waals surface area contributed by atoms with E-state index < -0.39 is 0 Å². The van der Waals surface area contributed by atoms with Crippen LogP contribution in [0.15, 0.2) is 12.3 Å². The van der Waals surface area contributed by atoms with Crippen LogP contribution in [0.1, 0.15) is 37.4 Å². The molecule has 2 atom stereocenters. The molecule has 0 aromatic carbocycles. The summed E-state index contributed by atoms with van der Waals surface area (Å²) in [7, 11) is 1.73. The summed E-state index contributed by atoms with van der Waals surface area (Å²) in [5.41, 5.74) is 8.14. The Morgan fingerprint density at radius 1 is 1.53 bits per heavy atom. The molecule has 0 spiro atoms. The minimum atomic E-state index is 0.193. The van der Waals surface area contributed by atoms with E-state index in [1.165, 1.54) is 0 Å². The highest BCUT2D eigenvalue weighted by molar-refractivity contribution is 5.43. The van der Waals surface area contributed by atoms with Crippen molar-refractivity contribution in [3.63, 3.8) is 0 Å². The summed E-state index contributed by atoms with van der Waals surface area (Å²) in [5.74, 6) is 0.602. The van der Waals surface area contributed by atoms with Gasteiger partial charge in [-0.2, -0.15) is 0 Å². The minimum Gasteiger partial charge on any atom is -0.383 e. The molecule has 0 saturated carbocycles. The Morgan fingerprint density at radius 2 is 2.24 bits per heavy atom. The largest absolute Gasteiger partial charge is 0.383 e. The van der Waals surface area contributed by atoms with Crippen LogP contribution in [-0.4, -0.2) is 24.7 Å². The van der Waals surface area contributed by atoms with Crippen molar-refractivity contribution < 1.29 is 4.74 Å². The Balaban J connectivity index is 2.91. The van der Waals surface area contributed by atoms with Crippen molar-refractivity contribution in [2.24, 2.45) is 0 Å². The number of anilines is 1. The zero-order valence-electron chi connectivity index (χ0n) is 11.2. The van der Waals surface area contributed by atoms with Gasteiger partial charge in [0.15, 0.2) is 0 Å². The van der Waals surface area contributed by atoms with E-state index in [1.54, 1.807) is 13.3 Å². The first-order valence-electron chi connectivity index (χ1n) is 6.06. The van der Waals surface area contributed by atoms with Gasteiger partial charge in [0.1, 0.15) is 5.82 Å². The number of hydrogen-bond acceptors (Lipinski definition) is 4. The zero-order chi connectivity index (χ0) is 12.8. The minimum absolute atomic E-state index is 0.193. The zero-order valence-corrected chi connectivity index (χ0v) is 11.2. The molecule has 2 unspecified atom stereocenters. The van der Waals surface area contributed by atoms with Crippen molar-refractivity contribution in [3.05, 3.63) is 23.4 Å². The monoisotopic (exact) mass is 237 g/mol. The first-order valence-corrected chi connectivity index (χ1v) is 6.06. The predicted molar refractivity (Wildman–Crippen MR) is 70.9 cm³/mol. The molecule has 1 aromatic rings. The first-order chi connectivity index (χ1) is 8.08. The third-order valence-electron chi connectivity index (χ3n) is 2.88. The topological polar surface area (TPSA) is 60.2 Å². The number of nitrogen functional groups attached to an aromatic ring is 1. The second-order valence-corrected chi connectivity index (χ2v) is 4.38. The Kier molecular flexibility index (Phi) is 5.38. The van der Waals surface area contributed by atoms with E-state index in [9.17, 15) is 0 Å². The molecule has 1 heterocycles. The van der Waals surface area contributed by atoms with Gasteiger partial charge < -0.3 is 15.8 Å². The van der Waals surface area contributed by atoms with E-state index in [0.29, 0.717) is 5.82 Å². The van der Waals surface area contributed by atoms with Gasteiger partial charge in [0, 0.05) is 24.9 Å². The molecule has 0 aliphatic heterocycles. The number of pyridine rings is 1. The highest BCUT2D eigenvalue weighted by Gasteiger charge is 2.17. The molecule has 96 valence electrons. The highest BCUT2D eigenvalue weighted by atomic mass is 16.5. The quantitative estimate of drug-likeness (QED) is 0.795. The van der Waals surface area contributed by atoms with Crippen molar-refractivity contribution in [2.45, 2.75) is 39.3 Å². The summed E-state index contributed by atoms with van der Waals surface area (Å²) in [5, 5.41) is 3.43. The lowest BCUT2D eigenvalue weighted by Gasteiger charge is -2.22. The molecule has 0 aliphatic rings. The van der Waals surface area contributed by atoms with Crippen molar-refractivity contribution in [2.75, 3.05) is 19.4 Å². The van der Waals surface area contributed by atoms with E-state index in [4.69, 9.17) is 10.5 Å². The number of aromatic nitrogens is 1. The normalized spacial score (nSPS) is 14.6. The van der Waals surface area contributed by atoms with Gasteiger partial charge in [-0.1, -0.05) is 6.92 Å². The van der Waals surface area contributed by atoms with Crippen molar-refractivity contribution in [1.29, 1.82) is 0 Å². The molecule has 4 nitrogen and oxygen atoms in total. The van der Waals surface area contributed by atoms with Crippen LogP contribution in [-0.2, 0) is 4.74 Å². The summed E-state index contributed by atoms with van der Waals surface area (Å²) in [6.07, 6.45) is 2.88. The number of nitrogens with two attached hydrogens (primary N) is 1. The average molecular weight is 237 g/mol. The maximum atomic E-state index is 5.95. The van der Waals surface area contributed by atoms with Crippen LogP contribution in [0.4, 0.5) is 5.82 Å². The van der Waals surface area contributed by atoms with Crippen molar-refractivity contribution in [1.82, 2.24) is 10.3 Å². The number of nitrogens with one attached hydrogen (secondary N) is 1. The molecule has 0 saturated heterocycles. The maximum absolute atomic E-state index is 5.95. The molecule has 1 rings (SSSR count). The first kappa shape index (κ1) is 13.9. The van der Waals surface area contributed by atoms with Gasteiger partial charge in [-0.25, -0.2) is 4.98 Å². The van der Waals surface area contributed by atoms with E-state index in [0.717, 1.165) is 24.1 Å². The van der Waals surface area contributed by atoms with Crippen LogP contribution in [0, 0.1) is 6.92 Å². The number of rotatable bonds is 6. The van der Waals surface area contributed by atoms with E-state index in [1.807, 2.05) is 6.92 Å². The molecule has 0 fully saturated rings. The third kappa shape index (κ3) is 3.98. The van der Waals surface area contributed by atoms with Crippen LogP contribution in [0.25, 0.3) is 0 Å². The number of nitrogens with zero attached hydrogens (tertiary/aromatic N) is 1. The lowest BCUT2D eigenvalue weighted by Crippen LogP contribution is -2.26.